The van der Waals surface area contributed by atoms with Crippen LogP contribution in [0.25, 0.3) is 6.08 Å². The van der Waals surface area contributed by atoms with Gasteiger partial charge >= 0.3 is 0 Å². The molecule has 0 aromatic heterocycles. The van der Waals surface area contributed by atoms with Crippen LogP contribution in [0.5, 0.6) is 5.75 Å². The maximum absolute atomic E-state index is 13.3. The van der Waals surface area contributed by atoms with Gasteiger partial charge in [0, 0.05) is 14.5 Å². The van der Waals surface area contributed by atoms with Crippen molar-refractivity contribution in [3.05, 3.63) is 101 Å². The summed E-state index contributed by atoms with van der Waals surface area (Å²) in [6.45, 7) is 0. The molecule has 0 aliphatic carbocycles. The first-order valence-electron chi connectivity index (χ1n) is 8.74. The van der Waals surface area contributed by atoms with Gasteiger partial charge in [0.2, 0.25) is 5.78 Å². The van der Waals surface area contributed by atoms with Gasteiger partial charge in [0.25, 0.3) is 0 Å². The molecule has 0 unspecified atom stereocenters. The molecular formula is C22H14Br2Cl2O4S. The lowest BCUT2D eigenvalue weighted by Crippen LogP contribution is -2.16. The van der Waals surface area contributed by atoms with Crippen LogP contribution in [-0.4, -0.2) is 19.3 Å². The van der Waals surface area contributed by atoms with E-state index < -0.39 is 20.5 Å². The van der Waals surface area contributed by atoms with E-state index in [-0.39, 0.29) is 32.7 Å². The third kappa shape index (κ3) is 5.99. The highest BCUT2D eigenvalue weighted by Crippen LogP contribution is 2.34. The number of carbonyl (C=O) groups is 1. The molecule has 0 spiro atoms. The van der Waals surface area contributed by atoms with E-state index in [9.17, 15) is 18.3 Å². The number of sulfone groups is 1. The molecule has 3 rings (SSSR count). The standard InChI is InChI=1S/C22H14Br2Cl2O4S/c23-16-5-1-13(2-6-16)12-31(29,30)20(21(27)15-3-7-17(24)8-4-15)11-14-9-18(25)22(28)19(26)10-14/h1-11,28H,12H2/b20-11-. The van der Waals surface area contributed by atoms with Crippen molar-refractivity contribution in [2.24, 2.45) is 0 Å². The van der Waals surface area contributed by atoms with Crippen molar-refractivity contribution in [1.29, 1.82) is 0 Å². The molecule has 0 fully saturated rings. The van der Waals surface area contributed by atoms with Gasteiger partial charge in [-0.15, -0.1) is 0 Å². The van der Waals surface area contributed by atoms with Crippen LogP contribution >= 0.6 is 55.1 Å². The molecule has 0 heterocycles. The molecule has 3 aromatic carbocycles. The smallest absolute Gasteiger partial charge is 0.204 e. The number of hydrogen-bond donors (Lipinski definition) is 1. The molecule has 0 amide bonds. The van der Waals surface area contributed by atoms with E-state index in [0.717, 1.165) is 8.95 Å². The van der Waals surface area contributed by atoms with E-state index in [0.29, 0.717) is 5.56 Å². The Labute approximate surface area is 206 Å². The number of aromatic hydroxyl groups is 1. The molecule has 0 saturated heterocycles. The van der Waals surface area contributed by atoms with Gasteiger partial charge in [0.05, 0.1) is 15.8 Å². The summed E-state index contributed by atoms with van der Waals surface area (Å²) in [5, 5.41) is 9.67. The van der Waals surface area contributed by atoms with Crippen LogP contribution in [-0.2, 0) is 15.6 Å². The monoisotopic (exact) mass is 602 g/mol. The number of rotatable bonds is 6. The predicted molar refractivity (Wildman–Crippen MR) is 131 cm³/mol. The van der Waals surface area contributed by atoms with Crippen LogP contribution in [0.1, 0.15) is 21.5 Å². The van der Waals surface area contributed by atoms with Crippen molar-refractivity contribution in [2.45, 2.75) is 5.75 Å². The summed E-state index contributed by atoms with van der Waals surface area (Å²) in [6.07, 6.45) is 1.22. The van der Waals surface area contributed by atoms with Gasteiger partial charge < -0.3 is 5.11 Å². The maximum atomic E-state index is 13.3. The molecule has 160 valence electrons. The van der Waals surface area contributed by atoms with Crippen LogP contribution < -0.4 is 0 Å². The molecule has 1 N–H and O–H groups in total. The van der Waals surface area contributed by atoms with Gasteiger partial charge in [-0.1, -0.05) is 67.2 Å². The number of ketones is 1. The second-order valence-corrected chi connectivity index (χ2v) is 11.2. The molecule has 9 heteroatoms. The van der Waals surface area contributed by atoms with E-state index in [1.165, 1.54) is 30.3 Å². The molecule has 0 atom stereocenters. The van der Waals surface area contributed by atoms with Gasteiger partial charge in [-0.2, -0.15) is 0 Å². The van der Waals surface area contributed by atoms with Gasteiger partial charge in [0.1, 0.15) is 4.91 Å². The van der Waals surface area contributed by atoms with Crippen molar-refractivity contribution in [3.63, 3.8) is 0 Å². The van der Waals surface area contributed by atoms with Crippen molar-refractivity contribution in [2.75, 3.05) is 0 Å². The van der Waals surface area contributed by atoms with E-state index in [1.54, 1.807) is 36.4 Å². The number of carbonyl (C=O) groups excluding carboxylic acids is 1. The van der Waals surface area contributed by atoms with Crippen LogP contribution in [0, 0.1) is 0 Å². The van der Waals surface area contributed by atoms with Crippen molar-refractivity contribution >= 4 is 76.8 Å². The SMILES string of the molecule is O=C(/C(=C/c1cc(Cl)c(O)c(Cl)c1)S(=O)(=O)Cc1ccc(Br)cc1)c1ccc(Br)cc1. The van der Waals surface area contributed by atoms with E-state index in [4.69, 9.17) is 23.2 Å². The van der Waals surface area contributed by atoms with Crippen LogP contribution in [0.15, 0.2) is 74.5 Å². The average molecular weight is 605 g/mol. The second-order valence-electron chi connectivity index (χ2n) is 6.56. The second kappa shape index (κ2) is 9.88. The molecule has 31 heavy (non-hydrogen) atoms. The lowest BCUT2D eigenvalue weighted by Gasteiger charge is -2.11. The first-order valence-corrected chi connectivity index (χ1v) is 12.7. The summed E-state index contributed by atoms with van der Waals surface area (Å²) in [6, 6.07) is 15.8. The zero-order valence-corrected chi connectivity index (χ0v) is 21.2. The Morgan fingerprint density at radius 1 is 0.903 bits per heavy atom. The third-order valence-electron chi connectivity index (χ3n) is 4.27. The Hall–Kier alpha value is -1.64. The fourth-order valence-electron chi connectivity index (χ4n) is 2.74. The third-order valence-corrected chi connectivity index (χ3v) is 7.59. The highest BCUT2D eigenvalue weighted by atomic mass is 79.9. The average Bonchev–Trinajstić information content (AvgIpc) is 2.71. The zero-order chi connectivity index (χ0) is 22.8. The minimum atomic E-state index is -4.04. The van der Waals surface area contributed by atoms with E-state index in [1.807, 2.05) is 0 Å². The minimum Gasteiger partial charge on any atom is -0.505 e. The van der Waals surface area contributed by atoms with Gasteiger partial charge in [0.15, 0.2) is 15.6 Å². The molecule has 0 radical (unpaired) electrons. The Kier molecular flexibility index (Phi) is 7.65. The summed E-state index contributed by atoms with van der Waals surface area (Å²) in [7, 11) is -4.04. The van der Waals surface area contributed by atoms with Crippen LogP contribution in [0.4, 0.5) is 0 Å². The molecule has 0 bridgehead atoms. The van der Waals surface area contributed by atoms with E-state index >= 15 is 0 Å². The quantitative estimate of drug-likeness (QED) is 0.241. The molecular weight excluding hydrogens is 591 g/mol. The minimum absolute atomic E-state index is 0.0560. The Bertz CT molecular complexity index is 1250. The van der Waals surface area contributed by atoms with Gasteiger partial charge in [-0.25, -0.2) is 8.42 Å². The number of phenolic OH excluding ortho intramolecular Hbond substituents is 1. The summed E-state index contributed by atoms with van der Waals surface area (Å²) in [4.78, 5) is 12.8. The molecule has 3 aromatic rings. The van der Waals surface area contributed by atoms with Crippen molar-refractivity contribution < 1.29 is 18.3 Å². The molecule has 0 aliphatic heterocycles. The number of Topliss-reactive ketones (excluding diaryl/α,β-unsaturated/α-hetero) is 1. The predicted octanol–water partition coefficient (Wildman–Crippen LogP) is 7.06. The molecule has 4 nitrogen and oxygen atoms in total. The fraction of sp³-hybridized carbons (Fsp3) is 0.0455. The topological polar surface area (TPSA) is 71.4 Å². The van der Waals surface area contributed by atoms with Crippen molar-refractivity contribution in [3.8, 4) is 5.75 Å². The summed E-state index contributed by atoms with van der Waals surface area (Å²) < 4.78 is 28.1. The molecule has 0 aliphatic rings. The first-order chi connectivity index (χ1) is 14.6. The number of hydrogen-bond acceptors (Lipinski definition) is 4. The first kappa shape index (κ1) is 24.0. The van der Waals surface area contributed by atoms with E-state index in [2.05, 4.69) is 31.9 Å². The largest absolute Gasteiger partial charge is 0.505 e. The molecule has 0 saturated carbocycles. The van der Waals surface area contributed by atoms with Crippen molar-refractivity contribution in [1.82, 2.24) is 0 Å². The van der Waals surface area contributed by atoms with Crippen LogP contribution in [0.3, 0.4) is 0 Å². The van der Waals surface area contributed by atoms with Gasteiger partial charge in [-0.3, -0.25) is 4.79 Å². The normalized spacial score (nSPS) is 12.1. The highest BCUT2D eigenvalue weighted by Gasteiger charge is 2.27. The summed E-state index contributed by atoms with van der Waals surface area (Å²) >= 11 is 18.5. The fourth-order valence-corrected chi connectivity index (χ4v) is 5.27. The van der Waals surface area contributed by atoms with Gasteiger partial charge in [-0.05, 0) is 65.7 Å². The highest BCUT2D eigenvalue weighted by molar-refractivity contribution is 9.10. The summed E-state index contributed by atoms with van der Waals surface area (Å²) in [5.41, 5.74) is 1.01. The Morgan fingerprint density at radius 3 is 1.90 bits per heavy atom. The maximum Gasteiger partial charge on any atom is 0.204 e. The Morgan fingerprint density at radius 2 is 1.39 bits per heavy atom. The summed E-state index contributed by atoms with van der Waals surface area (Å²) in [5.74, 6) is -1.35. The lowest BCUT2D eigenvalue weighted by atomic mass is 10.1. The lowest BCUT2D eigenvalue weighted by molar-refractivity contribution is 0.104. The number of phenols is 1. The Balaban J connectivity index is 2.12. The number of benzene rings is 3. The zero-order valence-electron chi connectivity index (χ0n) is 15.7. The number of allylic oxidation sites excluding steroid dienone is 1. The number of halogens is 4. The van der Waals surface area contributed by atoms with Crippen LogP contribution in [0.2, 0.25) is 10.0 Å².